The quantitative estimate of drug-likeness (QED) is 0.651. The van der Waals surface area contributed by atoms with Gasteiger partial charge < -0.3 is 10.6 Å². The average molecular weight is 342 g/mol. The molecule has 0 aromatic heterocycles. The van der Waals surface area contributed by atoms with E-state index in [1.54, 1.807) is 12.1 Å². The van der Waals surface area contributed by atoms with E-state index in [2.05, 4.69) is 26.6 Å². The van der Waals surface area contributed by atoms with Crippen molar-refractivity contribution >= 4 is 33.2 Å². The zero-order valence-electron chi connectivity index (χ0n) is 10.9. The number of nitrogens with one attached hydrogen (secondary N) is 2. The minimum Gasteiger partial charge on any atom is -0.320 e. The molecule has 7 heteroatoms. The summed E-state index contributed by atoms with van der Waals surface area (Å²) in [5, 5.41) is 16.9. The fourth-order valence-electron chi connectivity index (χ4n) is 2.31. The first-order chi connectivity index (χ1) is 9.56. The zero-order chi connectivity index (χ0) is 14.5. The van der Waals surface area contributed by atoms with Gasteiger partial charge in [-0.1, -0.05) is 15.9 Å². The first kappa shape index (κ1) is 14.9. The second kappa shape index (κ2) is 6.81. The standard InChI is InChI=1S/C13H16BrN3O3/c14-10-1-2-11(12(8-10)17(19)20)16-13(18)7-9-3-5-15-6-4-9/h1-2,8-9,15H,3-7H2,(H,16,18). The maximum absolute atomic E-state index is 12.0. The molecule has 1 fully saturated rings. The minimum absolute atomic E-state index is 0.0990. The molecule has 0 spiro atoms. The van der Waals surface area contributed by atoms with Crippen molar-refractivity contribution in [3.05, 3.63) is 32.8 Å². The second-order valence-electron chi connectivity index (χ2n) is 4.86. The third-order valence-corrected chi connectivity index (χ3v) is 3.86. The van der Waals surface area contributed by atoms with Crippen LogP contribution in [0.15, 0.2) is 22.7 Å². The van der Waals surface area contributed by atoms with Gasteiger partial charge in [0.1, 0.15) is 5.69 Å². The first-order valence-electron chi connectivity index (χ1n) is 6.51. The highest BCUT2D eigenvalue weighted by Gasteiger charge is 2.20. The molecule has 0 aliphatic carbocycles. The SMILES string of the molecule is O=C(CC1CCNCC1)Nc1ccc(Br)cc1[N+](=O)[O-]. The van der Waals surface area contributed by atoms with Gasteiger partial charge in [0.15, 0.2) is 0 Å². The Bertz CT molecular complexity index is 516. The van der Waals surface area contributed by atoms with Gasteiger partial charge in [-0.25, -0.2) is 0 Å². The number of nitrogens with zero attached hydrogens (tertiary/aromatic N) is 1. The minimum atomic E-state index is -0.495. The molecule has 0 bridgehead atoms. The molecule has 1 heterocycles. The molecule has 0 radical (unpaired) electrons. The summed E-state index contributed by atoms with van der Waals surface area (Å²) in [6, 6.07) is 4.61. The number of hydrogen-bond donors (Lipinski definition) is 2. The molecule has 0 unspecified atom stereocenters. The lowest BCUT2D eigenvalue weighted by molar-refractivity contribution is -0.384. The number of benzene rings is 1. The normalized spacial score (nSPS) is 15.8. The van der Waals surface area contributed by atoms with Gasteiger partial charge in [-0.15, -0.1) is 0 Å². The van der Waals surface area contributed by atoms with Crippen LogP contribution in [0.5, 0.6) is 0 Å². The number of nitro groups is 1. The molecule has 1 aliphatic rings. The Kier molecular flexibility index (Phi) is 5.08. The summed E-state index contributed by atoms with van der Waals surface area (Å²) in [5.74, 6) is 0.188. The van der Waals surface area contributed by atoms with Gasteiger partial charge in [-0.05, 0) is 44.0 Å². The van der Waals surface area contributed by atoms with Gasteiger partial charge in [0.2, 0.25) is 5.91 Å². The van der Waals surface area contributed by atoms with E-state index in [9.17, 15) is 14.9 Å². The van der Waals surface area contributed by atoms with Gasteiger partial charge in [0, 0.05) is 17.0 Å². The van der Waals surface area contributed by atoms with E-state index < -0.39 is 4.92 Å². The van der Waals surface area contributed by atoms with Gasteiger partial charge in [-0.3, -0.25) is 14.9 Å². The van der Waals surface area contributed by atoms with Gasteiger partial charge >= 0.3 is 0 Å². The number of piperidine rings is 1. The molecule has 1 aromatic carbocycles. The van der Waals surface area contributed by atoms with Crippen LogP contribution in [-0.2, 0) is 4.79 Å². The topological polar surface area (TPSA) is 84.3 Å². The van der Waals surface area contributed by atoms with Crippen molar-refractivity contribution in [2.75, 3.05) is 18.4 Å². The fraction of sp³-hybridized carbons (Fsp3) is 0.462. The van der Waals surface area contributed by atoms with E-state index in [1.807, 2.05) is 0 Å². The maximum atomic E-state index is 12.0. The Labute approximate surface area is 125 Å². The van der Waals surface area contributed by atoms with Crippen LogP contribution in [0.2, 0.25) is 0 Å². The maximum Gasteiger partial charge on any atom is 0.293 e. The summed E-state index contributed by atoms with van der Waals surface area (Å²) < 4.78 is 0.612. The molecule has 2 N–H and O–H groups in total. The van der Waals surface area contributed by atoms with Crippen LogP contribution in [0.4, 0.5) is 11.4 Å². The van der Waals surface area contributed by atoms with Crippen molar-refractivity contribution in [2.45, 2.75) is 19.3 Å². The number of carbonyl (C=O) groups is 1. The van der Waals surface area contributed by atoms with E-state index in [0.717, 1.165) is 25.9 Å². The number of rotatable bonds is 4. The number of halogens is 1. The molecule has 108 valence electrons. The Hall–Kier alpha value is -1.47. The van der Waals surface area contributed by atoms with E-state index in [4.69, 9.17) is 0 Å². The van der Waals surface area contributed by atoms with Crippen molar-refractivity contribution in [2.24, 2.45) is 5.92 Å². The highest BCUT2D eigenvalue weighted by atomic mass is 79.9. The fourth-order valence-corrected chi connectivity index (χ4v) is 2.66. The highest BCUT2D eigenvalue weighted by Crippen LogP contribution is 2.28. The smallest absolute Gasteiger partial charge is 0.293 e. The van der Waals surface area contributed by atoms with Gasteiger partial charge in [-0.2, -0.15) is 0 Å². The lowest BCUT2D eigenvalue weighted by Crippen LogP contribution is -2.30. The summed E-state index contributed by atoms with van der Waals surface area (Å²) in [4.78, 5) is 22.5. The van der Waals surface area contributed by atoms with E-state index in [1.165, 1.54) is 6.07 Å². The highest BCUT2D eigenvalue weighted by molar-refractivity contribution is 9.10. The van der Waals surface area contributed by atoms with Crippen LogP contribution in [0, 0.1) is 16.0 Å². The van der Waals surface area contributed by atoms with Gasteiger partial charge in [0.25, 0.3) is 5.69 Å². The van der Waals surface area contributed by atoms with Crippen molar-refractivity contribution < 1.29 is 9.72 Å². The number of anilines is 1. The van der Waals surface area contributed by atoms with Gasteiger partial charge in [0.05, 0.1) is 4.92 Å². The second-order valence-corrected chi connectivity index (χ2v) is 5.78. The lowest BCUT2D eigenvalue weighted by Gasteiger charge is -2.21. The molecular weight excluding hydrogens is 326 g/mol. The van der Waals surface area contributed by atoms with Crippen LogP contribution in [0.3, 0.4) is 0 Å². The molecule has 0 atom stereocenters. The molecule has 6 nitrogen and oxygen atoms in total. The summed E-state index contributed by atoms with van der Waals surface area (Å²) in [7, 11) is 0. The summed E-state index contributed by atoms with van der Waals surface area (Å²) >= 11 is 3.19. The Morgan fingerprint density at radius 2 is 2.15 bits per heavy atom. The third kappa shape index (κ3) is 4.01. The first-order valence-corrected chi connectivity index (χ1v) is 7.30. The number of nitro benzene ring substituents is 1. The molecule has 0 saturated carbocycles. The monoisotopic (exact) mass is 341 g/mol. The van der Waals surface area contributed by atoms with Crippen LogP contribution < -0.4 is 10.6 Å². The van der Waals surface area contributed by atoms with Crippen LogP contribution in [0.1, 0.15) is 19.3 Å². The molecule has 20 heavy (non-hydrogen) atoms. The zero-order valence-corrected chi connectivity index (χ0v) is 12.5. The summed E-state index contributed by atoms with van der Waals surface area (Å²) in [6.07, 6.45) is 2.35. The van der Waals surface area contributed by atoms with Crippen molar-refractivity contribution in [3.63, 3.8) is 0 Å². The lowest BCUT2D eigenvalue weighted by atomic mass is 9.94. The Balaban J connectivity index is 2.01. The molecule has 1 saturated heterocycles. The molecular formula is C13H16BrN3O3. The molecule has 1 aliphatic heterocycles. The predicted molar refractivity (Wildman–Crippen MR) is 79.6 cm³/mol. The van der Waals surface area contributed by atoms with Crippen LogP contribution >= 0.6 is 15.9 Å². The molecule has 2 rings (SSSR count). The number of carbonyl (C=O) groups excluding carboxylic acids is 1. The average Bonchev–Trinajstić information content (AvgIpc) is 2.41. The van der Waals surface area contributed by atoms with E-state index >= 15 is 0 Å². The largest absolute Gasteiger partial charge is 0.320 e. The van der Waals surface area contributed by atoms with E-state index in [0.29, 0.717) is 16.8 Å². The number of hydrogen-bond acceptors (Lipinski definition) is 4. The summed E-state index contributed by atoms with van der Waals surface area (Å²) in [6.45, 7) is 1.85. The molecule has 1 aromatic rings. The number of amides is 1. The third-order valence-electron chi connectivity index (χ3n) is 3.36. The Morgan fingerprint density at radius 3 is 2.80 bits per heavy atom. The predicted octanol–water partition coefficient (Wildman–Crippen LogP) is 2.69. The van der Waals surface area contributed by atoms with Crippen molar-refractivity contribution in [1.29, 1.82) is 0 Å². The Morgan fingerprint density at radius 1 is 1.45 bits per heavy atom. The summed E-state index contributed by atoms with van der Waals surface area (Å²) in [5.41, 5.74) is 0.148. The van der Waals surface area contributed by atoms with Crippen LogP contribution in [0.25, 0.3) is 0 Å². The van der Waals surface area contributed by atoms with E-state index in [-0.39, 0.29) is 17.3 Å². The van der Waals surface area contributed by atoms with Crippen LogP contribution in [-0.4, -0.2) is 23.9 Å². The van der Waals surface area contributed by atoms with Crippen molar-refractivity contribution in [3.8, 4) is 0 Å². The molecule has 1 amide bonds. The van der Waals surface area contributed by atoms with Crippen molar-refractivity contribution in [1.82, 2.24) is 5.32 Å².